The zero-order valence-electron chi connectivity index (χ0n) is 10.7. The first-order chi connectivity index (χ1) is 8.29. The minimum absolute atomic E-state index is 0.185. The number of carbonyl (C=O) groups excluding carboxylic acids is 1. The largest absolute Gasteiger partial charge is 0.453 e. The van der Waals surface area contributed by atoms with Gasteiger partial charge < -0.3 is 10.2 Å². The summed E-state index contributed by atoms with van der Waals surface area (Å²) in [5.41, 5.74) is 6.29. The molecule has 1 aromatic heterocycles. The summed E-state index contributed by atoms with van der Waals surface area (Å²) in [4.78, 5) is 12.2. The van der Waals surface area contributed by atoms with E-state index in [1.54, 1.807) is 24.3 Å². The topological polar surface area (TPSA) is 56.2 Å². The van der Waals surface area contributed by atoms with Crippen molar-refractivity contribution in [3.8, 4) is 0 Å². The van der Waals surface area contributed by atoms with Crippen molar-refractivity contribution in [1.82, 2.24) is 0 Å². The lowest BCUT2D eigenvalue weighted by molar-refractivity contribution is 0.0875. The molecule has 1 heterocycles. The van der Waals surface area contributed by atoms with Crippen LogP contribution in [0.1, 0.15) is 31.3 Å². The summed E-state index contributed by atoms with van der Waals surface area (Å²) < 4.78 is 5.51. The summed E-state index contributed by atoms with van der Waals surface area (Å²) in [7, 11) is 0. The van der Waals surface area contributed by atoms with Gasteiger partial charge in [0.25, 0.3) is 0 Å². The van der Waals surface area contributed by atoms with Gasteiger partial charge >= 0.3 is 0 Å². The SMILES string of the molecule is CC(C)(C)C(N)C(=O)c1cc2cc(Cl)ccc2o1. The minimum Gasteiger partial charge on any atom is -0.453 e. The van der Waals surface area contributed by atoms with E-state index in [9.17, 15) is 4.79 Å². The lowest BCUT2D eigenvalue weighted by Crippen LogP contribution is -2.42. The van der Waals surface area contributed by atoms with E-state index in [1.165, 1.54) is 0 Å². The van der Waals surface area contributed by atoms with Gasteiger partial charge in [0, 0.05) is 10.4 Å². The number of rotatable bonds is 2. The summed E-state index contributed by atoms with van der Waals surface area (Å²) in [5, 5.41) is 1.43. The van der Waals surface area contributed by atoms with Crippen molar-refractivity contribution in [2.24, 2.45) is 11.1 Å². The lowest BCUT2D eigenvalue weighted by atomic mass is 9.84. The van der Waals surface area contributed by atoms with Crippen LogP contribution in [0.3, 0.4) is 0 Å². The maximum Gasteiger partial charge on any atom is 0.215 e. The normalized spacial score (nSPS) is 13.8. The van der Waals surface area contributed by atoms with Crippen LogP contribution in [-0.4, -0.2) is 11.8 Å². The predicted octanol–water partition coefficient (Wildman–Crippen LogP) is 3.64. The van der Waals surface area contributed by atoms with Crippen LogP contribution in [0.15, 0.2) is 28.7 Å². The highest BCUT2D eigenvalue weighted by molar-refractivity contribution is 6.31. The van der Waals surface area contributed by atoms with Gasteiger partial charge in [-0.3, -0.25) is 4.79 Å². The van der Waals surface area contributed by atoms with E-state index in [0.29, 0.717) is 10.6 Å². The molecule has 0 fully saturated rings. The Morgan fingerprint density at radius 3 is 2.61 bits per heavy atom. The second-order valence-electron chi connectivity index (χ2n) is 5.50. The van der Waals surface area contributed by atoms with Gasteiger partial charge in [-0.1, -0.05) is 32.4 Å². The van der Waals surface area contributed by atoms with Gasteiger partial charge in [-0.25, -0.2) is 0 Å². The molecule has 0 aliphatic heterocycles. The molecule has 2 N–H and O–H groups in total. The van der Waals surface area contributed by atoms with Gasteiger partial charge in [0.15, 0.2) is 5.76 Å². The number of carbonyl (C=O) groups is 1. The Balaban J connectivity index is 2.40. The highest BCUT2D eigenvalue weighted by atomic mass is 35.5. The highest BCUT2D eigenvalue weighted by Crippen LogP contribution is 2.26. The van der Waals surface area contributed by atoms with E-state index < -0.39 is 6.04 Å². The minimum atomic E-state index is -0.589. The second kappa shape index (κ2) is 4.41. The van der Waals surface area contributed by atoms with Crippen molar-refractivity contribution >= 4 is 28.4 Å². The molecule has 0 aliphatic carbocycles. The number of furan rings is 1. The van der Waals surface area contributed by atoms with Crippen molar-refractivity contribution in [2.45, 2.75) is 26.8 Å². The zero-order chi connectivity index (χ0) is 13.5. The van der Waals surface area contributed by atoms with Crippen LogP contribution >= 0.6 is 11.6 Å². The molecular weight excluding hydrogens is 250 g/mol. The molecule has 0 saturated heterocycles. The van der Waals surface area contributed by atoms with Crippen molar-refractivity contribution in [3.63, 3.8) is 0 Å². The molecule has 0 spiro atoms. The molecule has 0 radical (unpaired) electrons. The van der Waals surface area contributed by atoms with E-state index in [0.717, 1.165) is 5.39 Å². The molecule has 0 saturated carbocycles. The predicted molar refractivity (Wildman–Crippen MR) is 73.0 cm³/mol. The van der Waals surface area contributed by atoms with Crippen LogP contribution < -0.4 is 5.73 Å². The molecular formula is C14H16ClNO2. The zero-order valence-corrected chi connectivity index (χ0v) is 11.4. The number of Topliss-reactive ketones (excluding diaryl/α,β-unsaturated/α-hetero) is 1. The number of fused-ring (bicyclic) bond motifs is 1. The van der Waals surface area contributed by atoms with Crippen molar-refractivity contribution in [2.75, 3.05) is 0 Å². The van der Waals surface area contributed by atoms with Gasteiger partial charge in [0.05, 0.1) is 6.04 Å². The Kier molecular flexibility index (Phi) is 3.21. The maximum atomic E-state index is 12.2. The molecule has 1 aromatic carbocycles. The monoisotopic (exact) mass is 265 g/mol. The average molecular weight is 266 g/mol. The average Bonchev–Trinajstić information content (AvgIpc) is 2.68. The molecule has 2 aromatic rings. The Labute approximate surface area is 111 Å². The van der Waals surface area contributed by atoms with Crippen molar-refractivity contribution in [3.05, 3.63) is 35.0 Å². The second-order valence-corrected chi connectivity index (χ2v) is 5.94. The Bertz CT molecular complexity index is 595. The van der Waals surface area contributed by atoms with Crippen molar-refractivity contribution < 1.29 is 9.21 Å². The quantitative estimate of drug-likeness (QED) is 0.844. The standard InChI is InChI=1S/C14H16ClNO2/c1-14(2,3)13(16)12(17)11-7-8-6-9(15)4-5-10(8)18-11/h4-7,13H,16H2,1-3H3. The Hall–Kier alpha value is -1.32. The summed E-state index contributed by atoms with van der Waals surface area (Å²) in [6.45, 7) is 5.78. The maximum absolute atomic E-state index is 12.2. The van der Waals surface area contributed by atoms with Gasteiger partial charge in [-0.15, -0.1) is 0 Å². The van der Waals surface area contributed by atoms with Crippen LogP contribution in [0.4, 0.5) is 0 Å². The number of benzene rings is 1. The van der Waals surface area contributed by atoms with Crippen LogP contribution in [-0.2, 0) is 0 Å². The van der Waals surface area contributed by atoms with Crippen LogP contribution in [0.25, 0.3) is 11.0 Å². The number of halogens is 1. The van der Waals surface area contributed by atoms with Gasteiger partial charge in [0.1, 0.15) is 5.58 Å². The first-order valence-electron chi connectivity index (χ1n) is 5.78. The smallest absolute Gasteiger partial charge is 0.215 e. The summed E-state index contributed by atoms with van der Waals surface area (Å²) >= 11 is 5.89. The molecule has 2 rings (SSSR count). The summed E-state index contributed by atoms with van der Waals surface area (Å²) in [6, 6.07) is 6.34. The number of nitrogens with two attached hydrogens (primary N) is 1. The Morgan fingerprint density at radius 2 is 2.00 bits per heavy atom. The highest BCUT2D eigenvalue weighted by Gasteiger charge is 2.30. The molecule has 0 bridgehead atoms. The third kappa shape index (κ3) is 2.42. The van der Waals surface area contributed by atoms with Crippen LogP contribution in [0.2, 0.25) is 5.02 Å². The number of hydrogen-bond donors (Lipinski definition) is 1. The molecule has 0 amide bonds. The Morgan fingerprint density at radius 1 is 1.33 bits per heavy atom. The van der Waals surface area contributed by atoms with E-state index in [4.69, 9.17) is 21.8 Å². The first-order valence-corrected chi connectivity index (χ1v) is 6.16. The number of ketones is 1. The molecule has 0 aliphatic rings. The van der Waals surface area contributed by atoms with Crippen LogP contribution in [0.5, 0.6) is 0 Å². The van der Waals surface area contributed by atoms with Gasteiger partial charge in [-0.05, 0) is 29.7 Å². The fourth-order valence-corrected chi connectivity index (χ4v) is 1.86. The first kappa shape index (κ1) is 13.1. The van der Waals surface area contributed by atoms with E-state index in [-0.39, 0.29) is 17.0 Å². The fourth-order valence-electron chi connectivity index (χ4n) is 1.68. The summed E-state index contributed by atoms with van der Waals surface area (Å²) in [6.07, 6.45) is 0. The third-order valence-electron chi connectivity index (χ3n) is 2.94. The molecule has 18 heavy (non-hydrogen) atoms. The number of hydrogen-bond acceptors (Lipinski definition) is 3. The van der Waals surface area contributed by atoms with E-state index >= 15 is 0 Å². The molecule has 1 unspecified atom stereocenters. The third-order valence-corrected chi connectivity index (χ3v) is 3.17. The summed E-state index contributed by atoms with van der Waals surface area (Å²) in [5.74, 6) is 0.101. The molecule has 1 atom stereocenters. The molecule has 96 valence electrons. The van der Waals surface area contributed by atoms with Gasteiger partial charge in [-0.2, -0.15) is 0 Å². The fraction of sp³-hybridized carbons (Fsp3) is 0.357. The van der Waals surface area contributed by atoms with Crippen molar-refractivity contribution in [1.29, 1.82) is 0 Å². The molecule has 4 heteroatoms. The van der Waals surface area contributed by atoms with Gasteiger partial charge in [0.2, 0.25) is 5.78 Å². The molecule has 3 nitrogen and oxygen atoms in total. The van der Waals surface area contributed by atoms with Crippen LogP contribution in [0, 0.1) is 5.41 Å². The lowest BCUT2D eigenvalue weighted by Gasteiger charge is -2.24. The van der Waals surface area contributed by atoms with E-state index in [1.807, 2.05) is 20.8 Å². The van der Waals surface area contributed by atoms with E-state index in [2.05, 4.69) is 0 Å².